The van der Waals surface area contributed by atoms with Gasteiger partial charge in [-0.3, -0.25) is 14.1 Å². The van der Waals surface area contributed by atoms with Gasteiger partial charge in [-0.15, -0.1) is 0 Å². The number of alkyl carbamates (subject to hydrolysis) is 1. The lowest BCUT2D eigenvalue weighted by Gasteiger charge is -2.22. The topological polar surface area (TPSA) is 143 Å². The Bertz CT molecular complexity index is 758. The number of benzene rings is 1. The molecule has 4 N–H and O–H groups in total. The highest BCUT2D eigenvalue weighted by molar-refractivity contribution is 7.87. The second-order valence-electron chi connectivity index (χ2n) is 6.92. The average molecular weight is 417 g/mol. The number of ether oxygens (including phenoxy) is 2. The zero-order valence-corrected chi connectivity index (χ0v) is 17.1. The third-order valence-electron chi connectivity index (χ3n) is 3.33. The quantitative estimate of drug-likeness (QED) is 0.350. The van der Waals surface area contributed by atoms with Crippen molar-refractivity contribution < 1.29 is 32.0 Å². The fraction of sp³-hybridized carbons (Fsp3) is 0.529. The molecule has 1 aromatic carbocycles. The molecule has 0 saturated carbocycles. The minimum atomic E-state index is -4.40. The number of hydrogen-bond donors (Lipinski definition) is 4. The van der Waals surface area contributed by atoms with E-state index in [9.17, 15) is 18.0 Å². The molecule has 0 radical (unpaired) electrons. The molecule has 28 heavy (non-hydrogen) atoms. The van der Waals surface area contributed by atoms with Crippen LogP contribution in [0.15, 0.2) is 24.3 Å². The summed E-state index contributed by atoms with van der Waals surface area (Å²) in [4.78, 5) is 24.4. The smallest absolute Gasteiger partial charge is 0.407 e. The van der Waals surface area contributed by atoms with Crippen LogP contribution in [0, 0.1) is 0 Å². The molecule has 0 fully saturated rings. The molecule has 10 nitrogen and oxygen atoms in total. The van der Waals surface area contributed by atoms with Gasteiger partial charge in [0.2, 0.25) is 5.91 Å². The number of carbonyl (C=O) groups is 2. The van der Waals surface area contributed by atoms with E-state index < -0.39 is 27.9 Å². The van der Waals surface area contributed by atoms with E-state index in [0.29, 0.717) is 18.7 Å². The molecule has 0 aromatic heterocycles. The van der Waals surface area contributed by atoms with E-state index in [1.54, 1.807) is 20.8 Å². The van der Waals surface area contributed by atoms with E-state index in [2.05, 4.69) is 10.6 Å². The molecule has 0 saturated heterocycles. The van der Waals surface area contributed by atoms with Crippen molar-refractivity contribution in [3.8, 4) is 0 Å². The summed E-state index contributed by atoms with van der Waals surface area (Å²) in [6.07, 6.45) is -0.660. The van der Waals surface area contributed by atoms with Crippen molar-refractivity contribution >= 4 is 28.0 Å². The summed E-state index contributed by atoms with van der Waals surface area (Å²) in [5.41, 5.74) is -0.0135. The standard InChI is InChI=1S/C17H27N3O7S/c1-17(2,3)27-16(22)19-11-14(15(21)18-9-10-26-4)12-5-7-13(8-6-12)20-28(23,24)25/h5-8,14,20H,9-11H2,1-4H3,(H,18,21)(H,19,22)(H,23,24,25)/t14-/m0/s1. The highest BCUT2D eigenvalue weighted by Crippen LogP contribution is 2.19. The van der Waals surface area contributed by atoms with Gasteiger partial charge in [0, 0.05) is 20.2 Å². The summed E-state index contributed by atoms with van der Waals surface area (Å²) in [5, 5.41) is 5.26. The second kappa shape index (κ2) is 10.2. The van der Waals surface area contributed by atoms with Crippen LogP contribution >= 0.6 is 0 Å². The largest absolute Gasteiger partial charge is 0.444 e. The van der Waals surface area contributed by atoms with Crippen LogP contribution in [0.5, 0.6) is 0 Å². The lowest BCUT2D eigenvalue weighted by atomic mass is 9.97. The number of methoxy groups -OCH3 is 1. The van der Waals surface area contributed by atoms with E-state index in [1.807, 2.05) is 4.72 Å². The van der Waals surface area contributed by atoms with E-state index >= 15 is 0 Å². The first kappa shape index (κ1) is 23.7. The molecule has 2 amide bonds. The maximum Gasteiger partial charge on any atom is 0.407 e. The Morgan fingerprint density at radius 3 is 2.25 bits per heavy atom. The van der Waals surface area contributed by atoms with Gasteiger partial charge in [0.05, 0.1) is 18.2 Å². The molecule has 1 aromatic rings. The Labute approximate surface area is 164 Å². The SMILES string of the molecule is COCCNC(=O)[C@@H](CNC(=O)OC(C)(C)C)c1ccc(NS(=O)(=O)O)cc1. The second-order valence-corrected chi connectivity index (χ2v) is 8.07. The molecule has 0 aliphatic carbocycles. The van der Waals surface area contributed by atoms with Gasteiger partial charge in [0.1, 0.15) is 5.60 Å². The first-order valence-corrected chi connectivity index (χ1v) is 9.94. The zero-order valence-electron chi connectivity index (χ0n) is 16.3. The van der Waals surface area contributed by atoms with Crippen molar-refractivity contribution in [3.63, 3.8) is 0 Å². The Balaban J connectivity index is 2.90. The van der Waals surface area contributed by atoms with Crippen LogP contribution in [0.1, 0.15) is 32.3 Å². The minimum Gasteiger partial charge on any atom is -0.444 e. The minimum absolute atomic E-state index is 0.0290. The third kappa shape index (κ3) is 9.53. The van der Waals surface area contributed by atoms with Gasteiger partial charge in [0.15, 0.2) is 0 Å². The number of anilines is 1. The fourth-order valence-electron chi connectivity index (χ4n) is 2.19. The maximum absolute atomic E-state index is 12.5. The molecule has 0 unspecified atom stereocenters. The van der Waals surface area contributed by atoms with Gasteiger partial charge in [0.25, 0.3) is 0 Å². The lowest BCUT2D eigenvalue weighted by molar-refractivity contribution is -0.122. The summed E-state index contributed by atoms with van der Waals surface area (Å²) in [6, 6.07) is 5.83. The Morgan fingerprint density at radius 1 is 1.14 bits per heavy atom. The van der Waals surface area contributed by atoms with E-state index in [0.717, 1.165) is 0 Å². The first-order valence-electron chi connectivity index (χ1n) is 8.50. The van der Waals surface area contributed by atoms with Gasteiger partial charge in [-0.2, -0.15) is 8.42 Å². The van der Waals surface area contributed by atoms with Crippen molar-refractivity contribution in [2.45, 2.75) is 32.3 Å². The first-order chi connectivity index (χ1) is 12.9. The molecule has 1 rings (SSSR count). The molecule has 0 spiro atoms. The van der Waals surface area contributed by atoms with Crippen molar-refractivity contribution in [1.29, 1.82) is 0 Å². The Hall–Kier alpha value is -2.37. The summed E-state index contributed by atoms with van der Waals surface area (Å²) >= 11 is 0. The van der Waals surface area contributed by atoms with Crippen molar-refractivity contribution in [3.05, 3.63) is 29.8 Å². The summed E-state index contributed by atoms with van der Waals surface area (Å²) in [7, 11) is -2.89. The van der Waals surface area contributed by atoms with Crippen LogP contribution in [0.2, 0.25) is 0 Å². The fourth-order valence-corrected chi connectivity index (χ4v) is 2.63. The number of carbonyl (C=O) groups excluding carboxylic acids is 2. The highest BCUT2D eigenvalue weighted by Gasteiger charge is 2.23. The average Bonchev–Trinajstić information content (AvgIpc) is 2.53. The molecule has 0 bridgehead atoms. The van der Waals surface area contributed by atoms with Crippen molar-refractivity contribution in [1.82, 2.24) is 10.6 Å². The third-order valence-corrected chi connectivity index (χ3v) is 3.82. The van der Waals surface area contributed by atoms with Crippen molar-refractivity contribution in [2.24, 2.45) is 0 Å². The van der Waals surface area contributed by atoms with Crippen LogP contribution < -0.4 is 15.4 Å². The number of nitrogens with one attached hydrogen (secondary N) is 3. The van der Waals surface area contributed by atoms with Gasteiger partial charge in [-0.1, -0.05) is 12.1 Å². The Kier molecular flexibility index (Phi) is 8.66. The molecule has 0 aliphatic heterocycles. The van der Waals surface area contributed by atoms with Crippen LogP contribution in [0.25, 0.3) is 0 Å². The summed E-state index contributed by atoms with van der Waals surface area (Å²) in [5.74, 6) is -1.09. The predicted molar refractivity (Wildman–Crippen MR) is 103 cm³/mol. The highest BCUT2D eigenvalue weighted by atomic mass is 32.2. The van der Waals surface area contributed by atoms with Gasteiger partial charge in [-0.05, 0) is 38.5 Å². The van der Waals surface area contributed by atoms with Crippen LogP contribution in [-0.2, 0) is 24.6 Å². The van der Waals surface area contributed by atoms with Gasteiger partial charge >= 0.3 is 16.4 Å². The zero-order chi connectivity index (χ0) is 21.4. The Morgan fingerprint density at radius 2 is 1.75 bits per heavy atom. The van der Waals surface area contributed by atoms with E-state index in [-0.39, 0.29) is 18.1 Å². The molecule has 1 atom stereocenters. The monoisotopic (exact) mass is 417 g/mol. The van der Waals surface area contributed by atoms with Crippen LogP contribution in [0.3, 0.4) is 0 Å². The normalized spacial score (nSPS) is 12.8. The van der Waals surface area contributed by atoms with E-state index in [4.69, 9.17) is 14.0 Å². The maximum atomic E-state index is 12.5. The number of amides is 2. The molecule has 0 aliphatic rings. The molecular weight excluding hydrogens is 390 g/mol. The lowest BCUT2D eigenvalue weighted by Crippen LogP contribution is -2.40. The van der Waals surface area contributed by atoms with Gasteiger partial charge in [-0.25, -0.2) is 4.79 Å². The predicted octanol–water partition coefficient (Wildman–Crippen LogP) is 1.27. The van der Waals surface area contributed by atoms with Crippen molar-refractivity contribution in [2.75, 3.05) is 31.5 Å². The summed E-state index contributed by atoms with van der Waals surface area (Å²) < 4.78 is 42.6. The number of rotatable bonds is 9. The molecule has 0 heterocycles. The summed E-state index contributed by atoms with van der Waals surface area (Å²) in [6.45, 7) is 5.77. The molecule has 11 heteroatoms. The number of hydrogen-bond acceptors (Lipinski definition) is 6. The van der Waals surface area contributed by atoms with Gasteiger partial charge < -0.3 is 20.1 Å². The van der Waals surface area contributed by atoms with E-state index in [1.165, 1.54) is 31.4 Å². The molecule has 158 valence electrons. The van der Waals surface area contributed by atoms with Crippen LogP contribution in [0.4, 0.5) is 10.5 Å². The van der Waals surface area contributed by atoms with Crippen LogP contribution in [-0.4, -0.2) is 57.4 Å². The molecular formula is C17H27N3O7S.